The van der Waals surface area contributed by atoms with Crippen molar-refractivity contribution in [2.24, 2.45) is 0 Å². The van der Waals surface area contributed by atoms with Gasteiger partial charge in [0.2, 0.25) is 0 Å². The van der Waals surface area contributed by atoms with E-state index in [2.05, 4.69) is 240 Å². The number of nitrogens with zero attached hydrogens (tertiary/aromatic N) is 4. The van der Waals surface area contributed by atoms with Crippen molar-refractivity contribution >= 4 is 44.6 Å². The minimum atomic E-state index is -0.0923. The van der Waals surface area contributed by atoms with E-state index in [1.54, 1.807) is 0 Å². The number of ether oxygens (including phenoxy) is 1. The fourth-order valence-electron chi connectivity index (χ4n) is 9.32. The van der Waals surface area contributed by atoms with Crippen LogP contribution in [0.5, 0.6) is 11.5 Å². The Balaban J connectivity index is 0.00000625. The first-order valence-electron chi connectivity index (χ1n) is 23.9. The molecule has 0 fully saturated rings. The van der Waals surface area contributed by atoms with Crippen LogP contribution in [0.25, 0.3) is 38.8 Å². The predicted molar refractivity (Wildman–Crippen MR) is 283 cm³/mol. The van der Waals surface area contributed by atoms with E-state index in [4.69, 9.17) is 9.72 Å². The van der Waals surface area contributed by atoms with E-state index in [-0.39, 0.29) is 48.1 Å². The number of hydrogen-bond acceptors (Lipinski definition) is 4. The molecule has 6 aromatic carbocycles. The predicted octanol–water partition coefficient (Wildman–Crippen LogP) is 17.1. The molecule has 0 saturated heterocycles. The Morgan fingerprint density at radius 3 is 1.66 bits per heavy atom. The van der Waals surface area contributed by atoms with E-state index in [0.29, 0.717) is 11.5 Å². The SMILES string of the molecule is CC(C)(C)c1cc(N2[CH-]N(c3[c-]c(Oc4[c-]c5c(cc4)c4ccccc4n5-c4cc(-c5c(C(C)(C)C)cc(C(C)(C)C)cc5C(C)(C)C)ccn4)ccc3)c3ccccc32)cc(C(C)(C)C)c1.[Pt]. The van der Waals surface area contributed by atoms with Gasteiger partial charge in [-0.2, -0.15) is 12.1 Å². The third kappa shape index (κ3) is 9.28. The molecule has 6 heteroatoms. The Kier molecular flexibility index (Phi) is 12.5. The van der Waals surface area contributed by atoms with Crippen molar-refractivity contribution in [2.45, 2.75) is 131 Å². The maximum atomic E-state index is 6.72. The third-order valence-electron chi connectivity index (χ3n) is 13.2. The van der Waals surface area contributed by atoms with Gasteiger partial charge < -0.3 is 19.1 Å². The van der Waals surface area contributed by atoms with Crippen LogP contribution in [-0.2, 0) is 48.1 Å². The van der Waals surface area contributed by atoms with Gasteiger partial charge >= 0.3 is 0 Å². The van der Waals surface area contributed by atoms with Crippen LogP contribution >= 0.6 is 0 Å². The second-order valence-electron chi connectivity index (χ2n) is 23.7. The quantitative estimate of drug-likeness (QED) is 0.155. The van der Waals surface area contributed by atoms with Crippen LogP contribution in [0.1, 0.15) is 132 Å². The summed E-state index contributed by atoms with van der Waals surface area (Å²) in [5.41, 5.74) is 15.1. The van der Waals surface area contributed by atoms with Gasteiger partial charge in [0.1, 0.15) is 5.82 Å². The van der Waals surface area contributed by atoms with Crippen LogP contribution in [0.3, 0.4) is 0 Å². The molecule has 0 spiro atoms. The van der Waals surface area contributed by atoms with Gasteiger partial charge in [0.05, 0.1) is 0 Å². The minimum Gasteiger partial charge on any atom is -0.509 e. The average molecular weight is 1080 g/mol. The molecule has 1 aliphatic rings. The summed E-state index contributed by atoms with van der Waals surface area (Å²) in [6, 6.07) is 51.1. The van der Waals surface area contributed by atoms with Gasteiger partial charge in [-0.05, 0) is 114 Å². The average Bonchev–Trinajstić information content (AvgIpc) is 3.81. The summed E-state index contributed by atoms with van der Waals surface area (Å²) in [7, 11) is 0. The van der Waals surface area contributed by atoms with Crippen LogP contribution in [0.2, 0.25) is 0 Å². The smallest absolute Gasteiger partial charge is 0.136 e. The first-order valence-corrected chi connectivity index (χ1v) is 23.9. The topological polar surface area (TPSA) is 33.5 Å². The number of aromatic nitrogens is 2. The van der Waals surface area contributed by atoms with E-state index in [9.17, 15) is 0 Å². The summed E-state index contributed by atoms with van der Waals surface area (Å²) >= 11 is 0. The Bertz CT molecular complexity index is 3110. The number of para-hydroxylation sites is 3. The minimum absolute atomic E-state index is 0. The zero-order chi connectivity index (χ0) is 48.0. The Morgan fingerprint density at radius 1 is 0.500 bits per heavy atom. The first kappa shape index (κ1) is 48.8. The summed E-state index contributed by atoms with van der Waals surface area (Å²) in [4.78, 5) is 9.59. The van der Waals surface area contributed by atoms with Crippen molar-refractivity contribution in [3.05, 3.63) is 174 Å². The molecule has 0 amide bonds. The van der Waals surface area contributed by atoms with Crippen LogP contribution in [0.4, 0.5) is 22.7 Å². The van der Waals surface area contributed by atoms with Crippen LogP contribution in [-0.4, -0.2) is 9.55 Å². The molecule has 0 unspecified atom stereocenters. The van der Waals surface area contributed by atoms with Crippen molar-refractivity contribution in [3.8, 4) is 28.4 Å². The number of hydrogen-bond donors (Lipinski definition) is 0. The number of rotatable bonds is 6. The summed E-state index contributed by atoms with van der Waals surface area (Å²) in [6.45, 7) is 36.8. The molecule has 2 aromatic heterocycles. The second-order valence-corrected chi connectivity index (χ2v) is 23.7. The van der Waals surface area contributed by atoms with Gasteiger partial charge in [0.25, 0.3) is 0 Å². The van der Waals surface area contributed by atoms with Crippen LogP contribution in [0.15, 0.2) is 128 Å². The third-order valence-corrected chi connectivity index (χ3v) is 13.2. The molecule has 1 aliphatic heterocycles. The van der Waals surface area contributed by atoms with Crippen LogP contribution < -0.4 is 14.5 Å². The first-order chi connectivity index (χ1) is 31.4. The zero-order valence-electron chi connectivity index (χ0n) is 42.7. The summed E-state index contributed by atoms with van der Waals surface area (Å²) in [6.07, 6.45) is 1.96. The fraction of sp³-hybridized carbons (Fsp3) is 0.323. The van der Waals surface area contributed by atoms with Crippen molar-refractivity contribution < 1.29 is 25.8 Å². The maximum Gasteiger partial charge on any atom is 0.136 e. The van der Waals surface area contributed by atoms with Crippen molar-refractivity contribution in [1.82, 2.24) is 9.55 Å². The standard InChI is InChI=1S/C62H67N4O.Pt/c1-58(2,3)41-32-42(59(4,5)6)34-45(33-41)65-39-64(53-25-18-19-26-54(53)65)44-21-20-22-46(37-44)67-47-27-28-49-48-23-16-17-24-52(48)66(55(49)38-47)56-31-40(29-30-63-56)57-50(61(10,11)12)35-43(60(7,8)9)36-51(57)62(13,14)15;/h16-36,39H,1-15H3;/q-3;. The molecule has 354 valence electrons. The van der Waals surface area contributed by atoms with Crippen molar-refractivity contribution in [2.75, 3.05) is 9.80 Å². The summed E-state index contributed by atoms with van der Waals surface area (Å²) in [5.74, 6) is 2.04. The molecular weight excluding hydrogens is 1010 g/mol. The maximum absolute atomic E-state index is 6.72. The summed E-state index contributed by atoms with van der Waals surface area (Å²) < 4.78 is 8.96. The van der Waals surface area contributed by atoms with Gasteiger partial charge in [-0.25, -0.2) is 4.98 Å². The normalized spacial score (nSPS) is 13.6. The van der Waals surface area contributed by atoms with E-state index in [1.807, 2.05) is 24.4 Å². The molecule has 8 aromatic rings. The Morgan fingerprint density at radius 2 is 1.06 bits per heavy atom. The molecule has 0 radical (unpaired) electrons. The van der Waals surface area contributed by atoms with Crippen LogP contribution in [0, 0.1) is 18.8 Å². The molecule has 0 aliphatic carbocycles. The number of benzene rings is 6. The van der Waals surface area contributed by atoms with Gasteiger partial charge in [-0.1, -0.05) is 158 Å². The number of pyridine rings is 1. The molecule has 0 saturated carbocycles. The van der Waals surface area contributed by atoms with E-state index in [0.717, 1.165) is 55.9 Å². The molecule has 68 heavy (non-hydrogen) atoms. The number of fused-ring (bicyclic) bond motifs is 4. The van der Waals surface area contributed by atoms with E-state index < -0.39 is 0 Å². The van der Waals surface area contributed by atoms with E-state index in [1.165, 1.54) is 33.4 Å². The molecule has 3 heterocycles. The van der Waals surface area contributed by atoms with Gasteiger partial charge in [-0.3, -0.25) is 0 Å². The molecule has 0 N–H and O–H groups in total. The monoisotopic (exact) mass is 1080 g/mol. The fourth-order valence-corrected chi connectivity index (χ4v) is 9.32. The Hall–Kier alpha value is -5.64. The molecule has 9 rings (SSSR count). The van der Waals surface area contributed by atoms with E-state index >= 15 is 0 Å². The van der Waals surface area contributed by atoms with Gasteiger partial charge in [0.15, 0.2) is 0 Å². The van der Waals surface area contributed by atoms with Crippen molar-refractivity contribution in [1.29, 1.82) is 0 Å². The van der Waals surface area contributed by atoms with Gasteiger partial charge in [0, 0.05) is 61.3 Å². The molecular formula is C62H67N4OPt-3. The summed E-state index contributed by atoms with van der Waals surface area (Å²) in [5, 5.41) is 2.22. The molecule has 0 bridgehead atoms. The largest absolute Gasteiger partial charge is 0.509 e. The zero-order valence-corrected chi connectivity index (χ0v) is 45.0. The van der Waals surface area contributed by atoms with Gasteiger partial charge in [-0.15, -0.1) is 48.1 Å². The Labute approximate surface area is 420 Å². The number of anilines is 4. The van der Waals surface area contributed by atoms with Crippen molar-refractivity contribution in [3.63, 3.8) is 0 Å². The molecule has 5 nitrogen and oxygen atoms in total. The molecule has 0 atom stereocenters. The second kappa shape index (κ2) is 17.4.